The maximum absolute atomic E-state index is 9.07. The monoisotopic (exact) mass is 210 g/mol. The average molecular weight is 210 g/mol. The summed E-state index contributed by atoms with van der Waals surface area (Å²) in [6.07, 6.45) is 2.24. The summed E-state index contributed by atoms with van der Waals surface area (Å²) in [6.45, 7) is 12.4. The van der Waals surface area contributed by atoms with Crippen LogP contribution in [0.15, 0.2) is 18.2 Å². The fourth-order valence-electron chi connectivity index (χ4n) is 1.04. The van der Waals surface area contributed by atoms with Crippen LogP contribution in [0.5, 0.6) is 5.75 Å². The zero-order chi connectivity index (χ0) is 12.3. The molecule has 0 amide bonds. The Morgan fingerprint density at radius 1 is 1.07 bits per heavy atom. The fraction of sp³-hybridized carbons (Fsp3) is 0.571. The van der Waals surface area contributed by atoms with Crippen LogP contribution >= 0.6 is 0 Å². The summed E-state index contributed by atoms with van der Waals surface area (Å²) in [5.74, 6) is 0.363. The van der Waals surface area contributed by atoms with Gasteiger partial charge < -0.3 is 5.11 Å². The minimum absolute atomic E-state index is 0.363. The Morgan fingerprint density at radius 2 is 1.53 bits per heavy atom. The molecule has 0 aliphatic carbocycles. The predicted molar refractivity (Wildman–Crippen MR) is 69.5 cm³/mol. The maximum Gasteiger partial charge on any atom is 0.115 e. The van der Waals surface area contributed by atoms with Crippen LogP contribution in [0.2, 0.25) is 0 Å². The van der Waals surface area contributed by atoms with Crippen molar-refractivity contribution < 1.29 is 5.11 Å². The lowest BCUT2D eigenvalue weighted by molar-refractivity contribution is 0.474. The van der Waals surface area contributed by atoms with E-state index in [0.29, 0.717) is 5.75 Å². The van der Waals surface area contributed by atoms with Crippen molar-refractivity contribution in [3.63, 3.8) is 0 Å². The van der Waals surface area contributed by atoms with Gasteiger partial charge in [0, 0.05) is 0 Å². The molecule has 0 aliphatic heterocycles. The molecule has 0 aliphatic rings. The van der Waals surface area contributed by atoms with Gasteiger partial charge >= 0.3 is 0 Å². The summed E-state index contributed by atoms with van der Waals surface area (Å²) in [4.78, 5) is 0. The Hall–Kier alpha value is -0.980. The Balaban J connectivity index is 0. The van der Waals surface area contributed by atoms with E-state index >= 15 is 0 Å². The van der Waals surface area contributed by atoms with Crippen LogP contribution in [0, 0.1) is 6.92 Å². The molecular formula is C14H26O. The van der Waals surface area contributed by atoms with Crippen molar-refractivity contribution in [2.45, 2.75) is 54.4 Å². The first kappa shape index (κ1) is 16.4. The third-order valence-corrected chi connectivity index (χ3v) is 1.71. The third kappa shape index (κ3) is 8.04. The number of hydrogen-bond donors (Lipinski definition) is 1. The highest BCUT2D eigenvalue weighted by atomic mass is 16.3. The minimum Gasteiger partial charge on any atom is -0.508 e. The van der Waals surface area contributed by atoms with Gasteiger partial charge in [-0.2, -0.15) is 0 Å². The summed E-state index contributed by atoms with van der Waals surface area (Å²) in [7, 11) is 0. The molecule has 0 aromatic heterocycles. The second-order valence-electron chi connectivity index (χ2n) is 3.17. The van der Waals surface area contributed by atoms with Gasteiger partial charge in [0.2, 0.25) is 0 Å². The van der Waals surface area contributed by atoms with Crippen LogP contribution in [0.3, 0.4) is 0 Å². The van der Waals surface area contributed by atoms with Crippen LogP contribution in [-0.2, 0) is 6.42 Å². The smallest absolute Gasteiger partial charge is 0.115 e. The summed E-state index contributed by atoms with van der Waals surface area (Å²) in [5, 5.41) is 9.07. The van der Waals surface area contributed by atoms with E-state index in [1.54, 1.807) is 6.07 Å². The van der Waals surface area contributed by atoms with Gasteiger partial charge in [-0.1, -0.05) is 47.1 Å². The molecule has 1 rings (SSSR count). The number of hydrogen-bond acceptors (Lipinski definition) is 1. The highest BCUT2D eigenvalue weighted by Gasteiger charge is 1.95. The van der Waals surface area contributed by atoms with Gasteiger partial charge in [0.25, 0.3) is 0 Å². The number of aromatic hydroxyl groups is 1. The van der Waals surface area contributed by atoms with Gasteiger partial charge in [0.1, 0.15) is 5.75 Å². The SMILES string of the molecule is CC.CCC.CCc1cc(O)ccc1C. The maximum atomic E-state index is 9.07. The average Bonchev–Trinajstić information content (AvgIpc) is 2.26. The molecule has 0 atom stereocenters. The molecule has 88 valence electrons. The highest BCUT2D eigenvalue weighted by Crippen LogP contribution is 2.15. The largest absolute Gasteiger partial charge is 0.508 e. The third-order valence-electron chi connectivity index (χ3n) is 1.71. The molecule has 1 N–H and O–H groups in total. The summed E-state index contributed by atoms with van der Waals surface area (Å²) >= 11 is 0. The first-order valence-corrected chi connectivity index (χ1v) is 5.94. The lowest BCUT2D eigenvalue weighted by Gasteiger charge is -2.01. The standard InChI is InChI=1S/C9H12O.C3H8.C2H6/c1-3-8-6-9(10)5-4-7(8)2;1-3-2;1-2/h4-6,10H,3H2,1-2H3;3H2,1-2H3;1-2H3. The number of benzene rings is 1. The first-order valence-electron chi connectivity index (χ1n) is 5.94. The summed E-state index contributed by atoms with van der Waals surface area (Å²) < 4.78 is 0. The van der Waals surface area contributed by atoms with E-state index in [9.17, 15) is 0 Å². The molecular weight excluding hydrogens is 184 g/mol. The van der Waals surface area contributed by atoms with Crippen LogP contribution in [-0.4, -0.2) is 5.11 Å². The zero-order valence-electron chi connectivity index (χ0n) is 11.1. The van der Waals surface area contributed by atoms with E-state index < -0.39 is 0 Å². The van der Waals surface area contributed by atoms with Crippen molar-refractivity contribution in [2.75, 3.05) is 0 Å². The molecule has 1 aromatic rings. The van der Waals surface area contributed by atoms with Crippen molar-refractivity contribution in [1.29, 1.82) is 0 Å². The van der Waals surface area contributed by atoms with Crippen molar-refractivity contribution in [2.24, 2.45) is 0 Å². The zero-order valence-corrected chi connectivity index (χ0v) is 11.1. The Bertz CT molecular complexity index is 241. The molecule has 0 saturated carbocycles. The molecule has 0 bridgehead atoms. The summed E-state index contributed by atoms with van der Waals surface area (Å²) in [5.41, 5.74) is 2.47. The van der Waals surface area contributed by atoms with Crippen LogP contribution < -0.4 is 0 Å². The molecule has 1 heteroatoms. The van der Waals surface area contributed by atoms with Crippen molar-refractivity contribution in [3.05, 3.63) is 29.3 Å². The molecule has 1 nitrogen and oxygen atoms in total. The lowest BCUT2D eigenvalue weighted by Crippen LogP contribution is -1.83. The molecule has 0 spiro atoms. The van der Waals surface area contributed by atoms with Crippen LogP contribution in [0.4, 0.5) is 0 Å². The van der Waals surface area contributed by atoms with Crippen LogP contribution in [0.25, 0.3) is 0 Å². The highest BCUT2D eigenvalue weighted by molar-refractivity contribution is 5.33. The lowest BCUT2D eigenvalue weighted by atomic mass is 10.1. The fourth-order valence-corrected chi connectivity index (χ4v) is 1.04. The van der Waals surface area contributed by atoms with Crippen molar-refractivity contribution >= 4 is 0 Å². The van der Waals surface area contributed by atoms with Crippen molar-refractivity contribution in [1.82, 2.24) is 0 Å². The molecule has 0 saturated heterocycles. The summed E-state index contributed by atoms with van der Waals surface area (Å²) in [6, 6.07) is 5.47. The topological polar surface area (TPSA) is 20.2 Å². The van der Waals surface area contributed by atoms with Crippen molar-refractivity contribution in [3.8, 4) is 5.75 Å². The van der Waals surface area contributed by atoms with Crippen LogP contribution in [0.1, 0.15) is 52.2 Å². The van der Waals surface area contributed by atoms with Gasteiger partial charge in [-0.05, 0) is 36.6 Å². The van der Waals surface area contributed by atoms with Gasteiger partial charge in [-0.3, -0.25) is 0 Å². The molecule has 1 aromatic carbocycles. The molecule has 0 radical (unpaired) electrons. The quantitative estimate of drug-likeness (QED) is 0.712. The number of phenols is 1. The predicted octanol–water partition coefficient (Wildman–Crippen LogP) is 4.71. The first-order chi connectivity index (χ1) is 7.15. The van der Waals surface area contributed by atoms with Gasteiger partial charge in [0.05, 0.1) is 0 Å². The normalized spacial score (nSPS) is 8.13. The molecule has 15 heavy (non-hydrogen) atoms. The second-order valence-corrected chi connectivity index (χ2v) is 3.17. The Kier molecular flexibility index (Phi) is 12.2. The number of aryl methyl sites for hydroxylation is 2. The van der Waals surface area contributed by atoms with E-state index in [1.165, 1.54) is 17.5 Å². The number of phenolic OH excluding ortho intramolecular Hbond substituents is 1. The second kappa shape index (κ2) is 11.1. The van der Waals surface area contributed by atoms with E-state index in [2.05, 4.69) is 27.7 Å². The van der Waals surface area contributed by atoms with Gasteiger partial charge in [-0.15, -0.1) is 0 Å². The van der Waals surface area contributed by atoms with Gasteiger partial charge in [-0.25, -0.2) is 0 Å². The van der Waals surface area contributed by atoms with E-state index in [1.807, 2.05) is 26.0 Å². The van der Waals surface area contributed by atoms with E-state index in [-0.39, 0.29) is 0 Å². The minimum atomic E-state index is 0.363. The Labute approximate surface area is 95.2 Å². The number of rotatable bonds is 1. The molecule has 0 heterocycles. The molecule has 0 fully saturated rings. The van der Waals surface area contributed by atoms with Gasteiger partial charge in [0.15, 0.2) is 0 Å². The molecule has 0 unspecified atom stereocenters. The van der Waals surface area contributed by atoms with E-state index in [4.69, 9.17) is 5.11 Å². The van der Waals surface area contributed by atoms with E-state index in [0.717, 1.165) is 6.42 Å². The Morgan fingerprint density at radius 3 is 1.87 bits per heavy atom.